The lowest BCUT2D eigenvalue weighted by molar-refractivity contribution is -0.145. The molecule has 0 amide bonds. The van der Waals surface area contributed by atoms with E-state index in [1.165, 1.54) is 0 Å². The van der Waals surface area contributed by atoms with Crippen LogP contribution in [0.2, 0.25) is 0 Å². The molecule has 4 nitrogen and oxygen atoms in total. The van der Waals surface area contributed by atoms with Crippen LogP contribution in [0, 0.1) is 0 Å². The topological polar surface area (TPSA) is 55.8 Å². The van der Waals surface area contributed by atoms with Gasteiger partial charge in [-0.25, -0.2) is 4.79 Å². The first-order valence-corrected chi connectivity index (χ1v) is 5.42. The smallest absolute Gasteiger partial charge is 0.345 e. The van der Waals surface area contributed by atoms with Crippen LogP contribution in [0.1, 0.15) is 11.7 Å². The number of aliphatic hydroxyl groups is 1. The van der Waals surface area contributed by atoms with Crippen LogP contribution in [-0.2, 0) is 9.53 Å². The van der Waals surface area contributed by atoms with E-state index >= 15 is 0 Å². The van der Waals surface area contributed by atoms with Crippen molar-refractivity contribution in [1.29, 1.82) is 0 Å². The van der Waals surface area contributed by atoms with Gasteiger partial charge in [0, 0.05) is 5.56 Å². The summed E-state index contributed by atoms with van der Waals surface area (Å²) in [5, 5.41) is 9.24. The van der Waals surface area contributed by atoms with Gasteiger partial charge in [-0.05, 0) is 6.07 Å². The minimum absolute atomic E-state index is 0.0115. The molecule has 0 saturated heterocycles. The first-order valence-electron chi connectivity index (χ1n) is 4.88. The van der Waals surface area contributed by atoms with Crippen LogP contribution in [0.25, 0.3) is 0 Å². The van der Waals surface area contributed by atoms with Gasteiger partial charge in [0.1, 0.15) is 5.75 Å². The van der Waals surface area contributed by atoms with Crippen LogP contribution in [-0.4, -0.2) is 29.7 Å². The summed E-state index contributed by atoms with van der Waals surface area (Å²) in [5.41, 5.74) is 0.689. The van der Waals surface area contributed by atoms with Gasteiger partial charge in [0.2, 0.25) is 0 Å². The van der Waals surface area contributed by atoms with Gasteiger partial charge in [0.25, 0.3) is 0 Å². The third kappa shape index (κ3) is 2.19. The van der Waals surface area contributed by atoms with Crippen molar-refractivity contribution in [3.05, 3.63) is 29.8 Å². The van der Waals surface area contributed by atoms with Crippen LogP contribution in [0.3, 0.4) is 0 Å². The molecule has 2 rings (SSSR count). The number of carbonyl (C=O) groups is 1. The van der Waals surface area contributed by atoms with E-state index in [0.29, 0.717) is 11.3 Å². The summed E-state index contributed by atoms with van der Waals surface area (Å²) in [6, 6.07) is 7.05. The van der Waals surface area contributed by atoms with Crippen LogP contribution < -0.4 is 4.74 Å². The minimum atomic E-state index is -0.776. The maximum Gasteiger partial charge on any atom is 0.345 e. The first-order chi connectivity index (χ1) is 7.72. The van der Waals surface area contributed by atoms with E-state index in [2.05, 4.69) is 0 Å². The van der Waals surface area contributed by atoms with Gasteiger partial charge < -0.3 is 14.6 Å². The fourth-order valence-electron chi connectivity index (χ4n) is 1.49. The summed E-state index contributed by atoms with van der Waals surface area (Å²) >= 11 is 5.43. The molecule has 0 saturated carbocycles. The Labute approximate surface area is 97.7 Å². The zero-order valence-electron chi connectivity index (χ0n) is 8.43. The molecule has 0 fully saturated rings. The third-order valence-electron chi connectivity index (χ3n) is 2.26. The summed E-state index contributed by atoms with van der Waals surface area (Å²) in [6.07, 6.45) is -1.53. The number of halogens is 1. The summed E-state index contributed by atoms with van der Waals surface area (Å²) in [7, 11) is 0. The summed E-state index contributed by atoms with van der Waals surface area (Å²) < 4.78 is 10.3. The highest BCUT2D eigenvalue weighted by Gasteiger charge is 2.33. The second-order valence-electron chi connectivity index (χ2n) is 3.48. The predicted octanol–water partition coefficient (Wildman–Crippen LogP) is 1.26. The molecule has 0 bridgehead atoms. The number of carbonyl (C=O) groups excluding carboxylic acids is 1. The lowest BCUT2D eigenvalue weighted by atomic mass is 10.1. The monoisotopic (exact) mass is 242 g/mol. The SMILES string of the molecule is O=C1Oc2ccccc2C1OCC(O)CCl. The van der Waals surface area contributed by atoms with Gasteiger partial charge in [0.05, 0.1) is 18.6 Å². The average Bonchev–Trinajstić information content (AvgIpc) is 2.62. The van der Waals surface area contributed by atoms with Crippen molar-refractivity contribution in [3.8, 4) is 5.75 Å². The zero-order chi connectivity index (χ0) is 11.5. The molecular weight excluding hydrogens is 232 g/mol. The zero-order valence-corrected chi connectivity index (χ0v) is 9.18. The van der Waals surface area contributed by atoms with E-state index in [1.807, 2.05) is 0 Å². The normalized spacial score (nSPS) is 20.4. The van der Waals surface area contributed by atoms with Crippen molar-refractivity contribution in [1.82, 2.24) is 0 Å². The average molecular weight is 243 g/mol. The van der Waals surface area contributed by atoms with E-state index in [1.54, 1.807) is 24.3 Å². The molecule has 1 aromatic rings. The van der Waals surface area contributed by atoms with Crippen LogP contribution >= 0.6 is 11.6 Å². The molecule has 86 valence electrons. The molecule has 2 unspecified atom stereocenters. The molecule has 0 aliphatic carbocycles. The van der Waals surface area contributed by atoms with Gasteiger partial charge >= 0.3 is 5.97 Å². The van der Waals surface area contributed by atoms with E-state index < -0.39 is 18.2 Å². The van der Waals surface area contributed by atoms with Gasteiger partial charge in [-0.1, -0.05) is 18.2 Å². The van der Waals surface area contributed by atoms with E-state index in [4.69, 9.17) is 21.1 Å². The molecule has 1 N–H and O–H groups in total. The van der Waals surface area contributed by atoms with Crippen molar-refractivity contribution >= 4 is 17.6 Å². The maximum atomic E-state index is 11.5. The number of fused-ring (bicyclic) bond motifs is 1. The third-order valence-corrected chi connectivity index (χ3v) is 2.62. The fourth-order valence-corrected chi connectivity index (χ4v) is 1.58. The summed E-state index contributed by atoms with van der Waals surface area (Å²) in [6.45, 7) is 0.0115. The van der Waals surface area contributed by atoms with Gasteiger partial charge in [-0.2, -0.15) is 0 Å². The number of para-hydroxylation sites is 1. The molecular formula is C11H11ClO4. The Bertz CT molecular complexity index is 393. The molecule has 2 atom stereocenters. The van der Waals surface area contributed by atoms with Crippen molar-refractivity contribution < 1.29 is 19.4 Å². The number of aliphatic hydroxyl groups excluding tert-OH is 1. The van der Waals surface area contributed by atoms with Crippen molar-refractivity contribution in [2.45, 2.75) is 12.2 Å². The highest BCUT2D eigenvalue weighted by atomic mass is 35.5. The highest BCUT2D eigenvalue weighted by molar-refractivity contribution is 6.18. The molecule has 1 heterocycles. The lowest BCUT2D eigenvalue weighted by Crippen LogP contribution is -2.22. The Kier molecular flexibility index (Phi) is 3.43. The first kappa shape index (κ1) is 11.4. The van der Waals surface area contributed by atoms with Crippen molar-refractivity contribution in [3.63, 3.8) is 0 Å². The maximum absolute atomic E-state index is 11.5. The standard InChI is InChI=1S/C11H11ClO4/c12-5-7(13)6-15-10-8-3-1-2-4-9(8)16-11(10)14/h1-4,7,10,13H,5-6H2. The van der Waals surface area contributed by atoms with Crippen LogP contribution in [0.4, 0.5) is 0 Å². The Morgan fingerprint density at radius 2 is 2.25 bits per heavy atom. The largest absolute Gasteiger partial charge is 0.424 e. The van der Waals surface area contributed by atoms with E-state index in [-0.39, 0.29) is 12.5 Å². The quantitative estimate of drug-likeness (QED) is 0.491. The van der Waals surface area contributed by atoms with Gasteiger partial charge in [-0.15, -0.1) is 11.6 Å². The fraction of sp³-hybridized carbons (Fsp3) is 0.364. The Morgan fingerprint density at radius 1 is 1.50 bits per heavy atom. The molecule has 16 heavy (non-hydrogen) atoms. The van der Waals surface area contributed by atoms with Crippen molar-refractivity contribution in [2.24, 2.45) is 0 Å². The summed E-state index contributed by atoms with van der Waals surface area (Å²) in [5.74, 6) is 0.129. The predicted molar refractivity (Wildman–Crippen MR) is 57.5 cm³/mol. The van der Waals surface area contributed by atoms with E-state index in [9.17, 15) is 9.90 Å². The number of ether oxygens (including phenoxy) is 2. The Hall–Kier alpha value is -1.10. The van der Waals surface area contributed by atoms with Crippen molar-refractivity contribution in [2.75, 3.05) is 12.5 Å². The number of hydrogen-bond donors (Lipinski definition) is 1. The molecule has 5 heteroatoms. The lowest BCUT2D eigenvalue weighted by Gasteiger charge is -2.11. The molecule has 1 aliphatic heterocycles. The second-order valence-corrected chi connectivity index (χ2v) is 3.79. The summed E-state index contributed by atoms with van der Waals surface area (Å²) in [4.78, 5) is 11.5. The van der Waals surface area contributed by atoms with Crippen LogP contribution in [0.15, 0.2) is 24.3 Å². The Balaban J connectivity index is 2.07. The second kappa shape index (κ2) is 4.82. The molecule has 0 aromatic heterocycles. The molecule has 1 aromatic carbocycles. The van der Waals surface area contributed by atoms with Gasteiger partial charge in [0.15, 0.2) is 6.10 Å². The number of esters is 1. The number of rotatable bonds is 4. The highest BCUT2D eigenvalue weighted by Crippen LogP contribution is 2.35. The minimum Gasteiger partial charge on any atom is -0.424 e. The number of benzene rings is 1. The molecule has 1 aliphatic rings. The number of alkyl halides is 1. The van der Waals surface area contributed by atoms with Crippen LogP contribution in [0.5, 0.6) is 5.75 Å². The molecule has 0 spiro atoms. The van der Waals surface area contributed by atoms with E-state index in [0.717, 1.165) is 0 Å². The molecule has 0 radical (unpaired) electrons. The number of hydrogen-bond acceptors (Lipinski definition) is 4. The van der Waals surface area contributed by atoms with Gasteiger partial charge in [-0.3, -0.25) is 0 Å². The Morgan fingerprint density at radius 3 is 3.00 bits per heavy atom.